The molecule has 0 unspecified atom stereocenters. The number of halogens is 1. The zero-order valence-electron chi connectivity index (χ0n) is 16.0. The monoisotopic (exact) mass is 385 g/mol. The third kappa shape index (κ3) is 5.30. The van der Waals surface area contributed by atoms with Gasteiger partial charge >= 0.3 is 0 Å². The van der Waals surface area contributed by atoms with Gasteiger partial charge in [0.1, 0.15) is 17.3 Å². The van der Waals surface area contributed by atoms with Gasteiger partial charge in [-0.15, -0.1) is 0 Å². The molecule has 1 aliphatic carbocycles. The van der Waals surface area contributed by atoms with Crippen LogP contribution in [0.3, 0.4) is 0 Å². The van der Waals surface area contributed by atoms with E-state index < -0.39 is 11.7 Å². The van der Waals surface area contributed by atoms with Crippen LogP contribution in [-0.2, 0) is 6.42 Å². The molecule has 5 nitrogen and oxygen atoms in total. The summed E-state index contributed by atoms with van der Waals surface area (Å²) in [7, 11) is 0. The standard InChI is InChI=1S/C22H28FN3O2/c23-21-9-8-19(28-18-6-4-15(5-7-18)10-11-24)13-20(21)22(27)26-17-3-1-2-16(12-17)14-25/h4-9,13,16-17H,1-3,10-12,14,24-25H2,(H,26,27)/t16-,17+/m1/s1. The summed E-state index contributed by atoms with van der Waals surface area (Å²) in [5, 5.41) is 2.95. The van der Waals surface area contributed by atoms with Crippen molar-refractivity contribution in [2.75, 3.05) is 13.1 Å². The van der Waals surface area contributed by atoms with Gasteiger partial charge in [0.25, 0.3) is 5.91 Å². The van der Waals surface area contributed by atoms with Crippen LogP contribution in [0.5, 0.6) is 11.5 Å². The second kappa shape index (κ2) is 9.66. The molecule has 1 amide bonds. The van der Waals surface area contributed by atoms with Crippen molar-refractivity contribution in [1.82, 2.24) is 5.32 Å². The molecule has 2 atom stereocenters. The Bertz CT molecular complexity index is 795. The number of ether oxygens (including phenoxy) is 1. The van der Waals surface area contributed by atoms with Crippen molar-refractivity contribution in [3.05, 3.63) is 59.4 Å². The Hall–Kier alpha value is -2.44. The van der Waals surface area contributed by atoms with Gasteiger partial charge in [-0.1, -0.05) is 18.6 Å². The van der Waals surface area contributed by atoms with E-state index in [1.807, 2.05) is 24.3 Å². The Morgan fingerprint density at radius 2 is 1.86 bits per heavy atom. The Morgan fingerprint density at radius 3 is 2.57 bits per heavy atom. The topological polar surface area (TPSA) is 90.4 Å². The van der Waals surface area contributed by atoms with Crippen LogP contribution in [0, 0.1) is 11.7 Å². The molecule has 0 heterocycles. The van der Waals surface area contributed by atoms with E-state index in [0.29, 0.717) is 30.5 Å². The first kappa shape index (κ1) is 20.3. The highest BCUT2D eigenvalue weighted by Crippen LogP contribution is 2.26. The minimum Gasteiger partial charge on any atom is -0.457 e. The first-order valence-electron chi connectivity index (χ1n) is 9.86. The van der Waals surface area contributed by atoms with Gasteiger partial charge in [0, 0.05) is 6.04 Å². The fraction of sp³-hybridized carbons (Fsp3) is 0.409. The molecule has 0 saturated heterocycles. The van der Waals surface area contributed by atoms with Crippen LogP contribution in [0.1, 0.15) is 41.6 Å². The zero-order valence-corrected chi connectivity index (χ0v) is 16.0. The summed E-state index contributed by atoms with van der Waals surface area (Å²) in [6.45, 7) is 1.21. The molecule has 150 valence electrons. The second-order valence-electron chi connectivity index (χ2n) is 7.37. The van der Waals surface area contributed by atoms with Crippen molar-refractivity contribution in [2.45, 2.75) is 38.1 Å². The molecule has 0 spiro atoms. The summed E-state index contributed by atoms with van der Waals surface area (Å²) in [5.41, 5.74) is 12.4. The number of carbonyl (C=O) groups excluding carboxylic acids is 1. The van der Waals surface area contributed by atoms with Crippen molar-refractivity contribution in [1.29, 1.82) is 0 Å². The SMILES string of the molecule is NCCc1ccc(Oc2ccc(F)c(C(=O)N[C@H]3CCC[C@@H](CN)C3)c2)cc1. The van der Waals surface area contributed by atoms with Gasteiger partial charge in [0.2, 0.25) is 0 Å². The highest BCUT2D eigenvalue weighted by molar-refractivity contribution is 5.95. The molecule has 5 N–H and O–H groups in total. The van der Waals surface area contributed by atoms with E-state index in [-0.39, 0.29) is 11.6 Å². The van der Waals surface area contributed by atoms with E-state index in [0.717, 1.165) is 37.7 Å². The number of benzene rings is 2. The van der Waals surface area contributed by atoms with Crippen molar-refractivity contribution in [3.63, 3.8) is 0 Å². The summed E-state index contributed by atoms with van der Waals surface area (Å²) in [5.74, 6) is 0.484. The third-order valence-electron chi connectivity index (χ3n) is 5.23. The van der Waals surface area contributed by atoms with Crippen LogP contribution in [0.25, 0.3) is 0 Å². The molecular weight excluding hydrogens is 357 g/mol. The van der Waals surface area contributed by atoms with E-state index in [9.17, 15) is 9.18 Å². The maximum absolute atomic E-state index is 14.2. The summed E-state index contributed by atoms with van der Waals surface area (Å²) in [6.07, 6.45) is 4.65. The lowest BCUT2D eigenvalue weighted by molar-refractivity contribution is 0.0916. The number of hydrogen-bond acceptors (Lipinski definition) is 4. The number of nitrogens with one attached hydrogen (secondary N) is 1. The van der Waals surface area contributed by atoms with E-state index in [1.54, 1.807) is 0 Å². The van der Waals surface area contributed by atoms with E-state index in [1.165, 1.54) is 18.2 Å². The Morgan fingerprint density at radius 1 is 1.11 bits per heavy atom. The van der Waals surface area contributed by atoms with Gasteiger partial charge in [-0.3, -0.25) is 4.79 Å². The molecule has 0 aliphatic heterocycles. The predicted molar refractivity (Wildman–Crippen MR) is 108 cm³/mol. The summed E-state index contributed by atoms with van der Waals surface area (Å²) < 4.78 is 20.0. The van der Waals surface area contributed by atoms with Crippen molar-refractivity contribution in [3.8, 4) is 11.5 Å². The van der Waals surface area contributed by atoms with Crippen LogP contribution in [0.4, 0.5) is 4.39 Å². The van der Waals surface area contributed by atoms with Crippen molar-refractivity contribution in [2.24, 2.45) is 17.4 Å². The second-order valence-corrected chi connectivity index (χ2v) is 7.37. The molecule has 1 saturated carbocycles. The molecule has 0 radical (unpaired) electrons. The van der Waals surface area contributed by atoms with Crippen LogP contribution in [-0.4, -0.2) is 25.0 Å². The quantitative estimate of drug-likeness (QED) is 0.682. The average Bonchev–Trinajstić information content (AvgIpc) is 2.71. The Kier molecular flexibility index (Phi) is 7.01. The van der Waals surface area contributed by atoms with Gasteiger partial charge < -0.3 is 21.5 Å². The normalized spacial score (nSPS) is 19.2. The maximum atomic E-state index is 14.2. The molecule has 6 heteroatoms. The molecular formula is C22H28FN3O2. The molecule has 1 fully saturated rings. The van der Waals surface area contributed by atoms with Gasteiger partial charge in [0.05, 0.1) is 5.56 Å². The van der Waals surface area contributed by atoms with Crippen LogP contribution in [0.15, 0.2) is 42.5 Å². The Balaban J connectivity index is 1.67. The predicted octanol–water partition coefficient (Wildman–Crippen LogP) is 3.37. The molecule has 2 aromatic rings. The summed E-state index contributed by atoms with van der Waals surface area (Å²) in [6, 6.07) is 11.8. The molecule has 0 aromatic heterocycles. The molecule has 3 rings (SSSR count). The summed E-state index contributed by atoms with van der Waals surface area (Å²) in [4.78, 5) is 12.6. The number of carbonyl (C=O) groups is 1. The minimum atomic E-state index is -0.561. The van der Waals surface area contributed by atoms with E-state index in [4.69, 9.17) is 16.2 Å². The smallest absolute Gasteiger partial charge is 0.254 e. The van der Waals surface area contributed by atoms with E-state index in [2.05, 4.69) is 5.32 Å². The molecule has 1 aliphatic rings. The third-order valence-corrected chi connectivity index (χ3v) is 5.23. The van der Waals surface area contributed by atoms with Gasteiger partial charge in [-0.2, -0.15) is 0 Å². The average molecular weight is 385 g/mol. The van der Waals surface area contributed by atoms with Crippen molar-refractivity contribution >= 4 is 5.91 Å². The van der Waals surface area contributed by atoms with Crippen LogP contribution in [0.2, 0.25) is 0 Å². The lowest BCUT2D eigenvalue weighted by Gasteiger charge is -2.29. The highest BCUT2D eigenvalue weighted by atomic mass is 19.1. The van der Waals surface area contributed by atoms with Gasteiger partial charge in [0.15, 0.2) is 0 Å². The van der Waals surface area contributed by atoms with Gasteiger partial charge in [-0.25, -0.2) is 4.39 Å². The zero-order chi connectivity index (χ0) is 19.9. The first-order valence-corrected chi connectivity index (χ1v) is 9.86. The largest absolute Gasteiger partial charge is 0.457 e. The number of amides is 1. The maximum Gasteiger partial charge on any atom is 0.254 e. The number of nitrogens with two attached hydrogens (primary N) is 2. The van der Waals surface area contributed by atoms with Crippen molar-refractivity contribution < 1.29 is 13.9 Å². The minimum absolute atomic E-state index is 0.00729. The fourth-order valence-corrected chi connectivity index (χ4v) is 3.67. The molecule has 28 heavy (non-hydrogen) atoms. The van der Waals surface area contributed by atoms with E-state index >= 15 is 0 Å². The number of rotatable bonds is 7. The Labute approximate surface area is 165 Å². The fourth-order valence-electron chi connectivity index (χ4n) is 3.67. The number of hydrogen-bond donors (Lipinski definition) is 3. The highest BCUT2D eigenvalue weighted by Gasteiger charge is 2.24. The lowest BCUT2D eigenvalue weighted by atomic mass is 9.85. The summed E-state index contributed by atoms with van der Waals surface area (Å²) >= 11 is 0. The molecule has 0 bridgehead atoms. The van der Waals surface area contributed by atoms with Crippen LogP contribution >= 0.6 is 0 Å². The first-order chi connectivity index (χ1) is 13.6. The van der Waals surface area contributed by atoms with Crippen LogP contribution < -0.4 is 21.5 Å². The lowest BCUT2D eigenvalue weighted by Crippen LogP contribution is -2.40. The van der Waals surface area contributed by atoms with Gasteiger partial charge in [-0.05, 0) is 80.6 Å². The molecule has 2 aromatic carbocycles.